The standard InChI is InChI=1S/C15H22N4O/c1-18-9-7-17-15(18)14-12(3-2-10-20-14)11-19(8-6-16)13-4-5-13/h7,9,12-14H,2-5,8,10-11H2,1H3/t12-,14+/m0/s1. The van der Waals surface area contributed by atoms with E-state index in [1.165, 1.54) is 12.8 Å². The van der Waals surface area contributed by atoms with E-state index in [1.54, 1.807) is 0 Å². The average molecular weight is 274 g/mol. The van der Waals surface area contributed by atoms with Gasteiger partial charge in [0, 0.05) is 44.6 Å². The largest absolute Gasteiger partial charge is 0.370 e. The van der Waals surface area contributed by atoms with E-state index in [0.717, 1.165) is 31.8 Å². The number of hydrogen-bond donors (Lipinski definition) is 0. The third-order valence-corrected chi connectivity index (χ3v) is 4.36. The Morgan fingerprint density at radius 3 is 3.00 bits per heavy atom. The summed E-state index contributed by atoms with van der Waals surface area (Å²) >= 11 is 0. The maximum atomic E-state index is 9.00. The summed E-state index contributed by atoms with van der Waals surface area (Å²) in [6, 6.07) is 2.93. The van der Waals surface area contributed by atoms with E-state index >= 15 is 0 Å². The highest BCUT2D eigenvalue weighted by molar-refractivity contribution is 5.01. The number of nitriles is 1. The Labute approximate surface area is 120 Å². The number of aryl methyl sites for hydroxylation is 1. The lowest BCUT2D eigenvalue weighted by atomic mass is 9.93. The van der Waals surface area contributed by atoms with Crippen LogP contribution in [-0.2, 0) is 11.8 Å². The van der Waals surface area contributed by atoms with Crippen LogP contribution in [0.15, 0.2) is 12.4 Å². The van der Waals surface area contributed by atoms with Crippen molar-refractivity contribution < 1.29 is 4.74 Å². The molecule has 0 radical (unpaired) electrons. The third-order valence-electron chi connectivity index (χ3n) is 4.36. The highest BCUT2D eigenvalue weighted by Crippen LogP contribution is 2.35. The van der Waals surface area contributed by atoms with Crippen LogP contribution in [0.4, 0.5) is 0 Å². The lowest BCUT2D eigenvalue weighted by Crippen LogP contribution is -2.37. The molecule has 0 unspecified atom stereocenters. The Morgan fingerprint density at radius 2 is 2.35 bits per heavy atom. The average Bonchev–Trinajstić information content (AvgIpc) is 3.22. The van der Waals surface area contributed by atoms with Crippen molar-refractivity contribution in [3.63, 3.8) is 0 Å². The van der Waals surface area contributed by atoms with Crippen LogP contribution in [0.25, 0.3) is 0 Å². The van der Waals surface area contributed by atoms with Gasteiger partial charge in [0.2, 0.25) is 0 Å². The molecule has 5 nitrogen and oxygen atoms in total. The molecule has 2 fully saturated rings. The molecule has 1 aromatic heterocycles. The number of rotatable bonds is 5. The van der Waals surface area contributed by atoms with Crippen molar-refractivity contribution in [3.8, 4) is 6.07 Å². The van der Waals surface area contributed by atoms with Crippen molar-refractivity contribution in [2.75, 3.05) is 19.7 Å². The minimum Gasteiger partial charge on any atom is -0.370 e. The molecule has 108 valence electrons. The molecule has 1 aliphatic heterocycles. The van der Waals surface area contributed by atoms with Crippen molar-refractivity contribution >= 4 is 0 Å². The Balaban J connectivity index is 1.72. The van der Waals surface area contributed by atoms with Crippen molar-refractivity contribution in [1.29, 1.82) is 5.26 Å². The summed E-state index contributed by atoms with van der Waals surface area (Å²) in [5.74, 6) is 1.46. The molecule has 1 aromatic rings. The quantitative estimate of drug-likeness (QED) is 0.769. The zero-order valence-corrected chi connectivity index (χ0v) is 12.0. The molecule has 2 aliphatic rings. The molecule has 1 saturated carbocycles. The van der Waals surface area contributed by atoms with Crippen LogP contribution in [0.2, 0.25) is 0 Å². The second-order valence-electron chi connectivity index (χ2n) is 5.91. The number of hydrogen-bond acceptors (Lipinski definition) is 4. The number of imidazole rings is 1. The predicted molar refractivity (Wildman–Crippen MR) is 74.8 cm³/mol. The van der Waals surface area contributed by atoms with E-state index in [2.05, 4.69) is 20.5 Å². The first-order valence-electron chi connectivity index (χ1n) is 7.49. The summed E-state index contributed by atoms with van der Waals surface area (Å²) in [7, 11) is 2.02. The van der Waals surface area contributed by atoms with Gasteiger partial charge in [-0.05, 0) is 25.7 Å². The SMILES string of the molecule is Cn1ccnc1[C@@H]1OCCC[C@H]1CN(CC#N)C1CC1. The van der Waals surface area contributed by atoms with Gasteiger partial charge in [-0.3, -0.25) is 4.90 Å². The number of ether oxygens (including phenoxy) is 1. The van der Waals surface area contributed by atoms with Gasteiger partial charge in [0.1, 0.15) is 11.9 Å². The van der Waals surface area contributed by atoms with E-state index in [1.807, 2.05) is 19.4 Å². The van der Waals surface area contributed by atoms with Crippen LogP contribution in [0.3, 0.4) is 0 Å². The van der Waals surface area contributed by atoms with Crippen LogP contribution in [0, 0.1) is 17.2 Å². The normalized spacial score (nSPS) is 26.6. The fourth-order valence-corrected chi connectivity index (χ4v) is 3.14. The fraction of sp³-hybridized carbons (Fsp3) is 0.733. The van der Waals surface area contributed by atoms with Crippen LogP contribution in [0.1, 0.15) is 37.6 Å². The zero-order valence-electron chi connectivity index (χ0n) is 12.0. The maximum Gasteiger partial charge on any atom is 0.137 e. The van der Waals surface area contributed by atoms with Gasteiger partial charge < -0.3 is 9.30 Å². The smallest absolute Gasteiger partial charge is 0.137 e. The first-order valence-corrected chi connectivity index (χ1v) is 7.49. The molecule has 20 heavy (non-hydrogen) atoms. The van der Waals surface area contributed by atoms with Crippen LogP contribution < -0.4 is 0 Å². The number of aromatic nitrogens is 2. The summed E-state index contributed by atoms with van der Waals surface area (Å²) in [5, 5.41) is 9.00. The van der Waals surface area contributed by atoms with Gasteiger partial charge in [0.25, 0.3) is 0 Å². The highest BCUT2D eigenvalue weighted by Gasteiger charge is 2.35. The second kappa shape index (κ2) is 5.94. The molecule has 0 N–H and O–H groups in total. The van der Waals surface area contributed by atoms with Gasteiger partial charge in [-0.2, -0.15) is 5.26 Å². The second-order valence-corrected chi connectivity index (χ2v) is 5.91. The van der Waals surface area contributed by atoms with Gasteiger partial charge in [-0.1, -0.05) is 0 Å². The molecule has 3 rings (SSSR count). The molecule has 0 spiro atoms. The van der Waals surface area contributed by atoms with E-state index in [-0.39, 0.29) is 6.10 Å². The summed E-state index contributed by atoms with van der Waals surface area (Å²) in [5.41, 5.74) is 0. The molecule has 0 bridgehead atoms. The maximum absolute atomic E-state index is 9.00. The predicted octanol–water partition coefficient (Wildman–Crippen LogP) is 1.88. The van der Waals surface area contributed by atoms with Crippen molar-refractivity contribution in [3.05, 3.63) is 18.2 Å². The molecule has 0 amide bonds. The molecule has 0 aromatic carbocycles. The van der Waals surface area contributed by atoms with E-state index in [0.29, 0.717) is 18.5 Å². The van der Waals surface area contributed by atoms with Gasteiger partial charge in [0.15, 0.2) is 0 Å². The van der Waals surface area contributed by atoms with Gasteiger partial charge >= 0.3 is 0 Å². The van der Waals surface area contributed by atoms with E-state index in [4.69, 9.17) is 10.00 Å². The van der Waals surface area contributed by atoms with Gasteiger partial charge in [0.05, 0.1) is 12.6 Å². The lowest BCUT2D eigenvalue weighted by molar-refractivity contribution is -0.0448. The summed E-state index contributed by atoms with van der Waals surface area (Å²) in [4.78, 5) is 6.79. The van der Waals surface area contributed by atoms with Gasteiger partial charge in [-0.15, -0.1) is 0 Å². The Bertz CT molecular complexity index is 488. The van der Waals surface area contributed by atoms with Crippen LogP contribution in [-0.4, -0.2) is 40.2 Å². The Kier molecular flexibility index (Phi) is 4.04. The lowest BCUT2D eigenvalue weighted by Gasteiger charge is -2.34. The van der Waals surface area contributed by atoms with Crippen molar-refractivity contribution in [2.45, 2.75) is 37.8 Å². The number of nitrogens with zero attached hydrogens (tertiary/aromatic N) is 4. The molecular weight excluding hydrogens is 252 g/mol. The van der Waals surface area contributed by atoms with E-state index in [9.17, 15) is 0 Å². The summed E-state index contributed by atoms with van der Waals surface area (Å²) in [6.45, 7) is 2.31. The molecule has 5 heteroatoms. The molecular formula is C15H22N4O. The summed E-state index contributed by atoms with van der Waals surface area (Å²) in [6.07, 6.45) is 8.62. The molecule has 2 atom stereocenters. The monoisotopic (exact) mass is 274 g/mol. The Morgan fingerprint density at radius 1 is 1.50 bits per heavy atom. The topological polar surface area (TPSA) is 54.1 Å². The van der Waals surface area contributed by atoms with Gasteiger partial charge in [-0.25, -0.2) is 4.98 Å². The molecule has 1 saturated heterocycles. The van der Waals surface area contributed by atoms with E-state index < -0.39 is 0 Å². The fourth-order valence-electron chi connectivity index (χ4n) is 3.14. The minimum atomic E-state index is 0.0729. The Hall–Kier alpha value is -1.38. The highest BCUT2D eigenvalue weighted by atomic mass is 16.5. The van der Waals surface area contributed by atoms with Crippen molar-refractivity contribution in [1.82, 2.24) is 14.5 Å². The molecule has 2 heterocycles. The minimum absolute atomic E-state index is 0.0729. The first kappa shape index (κ1) is 13.6. The zero-order chi connectivity index (χ0) is 13.9. The molecule has 1 aliphatic carbocycles. The van der Waals surface area contributed by atoms with Crippen LogP contribution in [0.5, 0.6) is 0 Å². The summed E-state index contributed by atoms with van der Waals surface area (Å²) < 4.78 is 8.05. The third kappa shape index (κ3) is 2.87. The van der Waals surface area contributed by atoms with Crippen LogP contribution >= 0.6 is 0 Å². The van der Waals surface area contributed by atoms with Crippen molar-refractivity contribution in [2.24, 2.45) is 13.0 Å². The first-order chi connectivity index (χ1) is 9.79.